The molecule has 0 bridgehead atoms. The highest BCUT2D eigenvalue weighted by Crippen LogP contribution is 2.25. The van der Waals surface area contributed by atoms with Crippen molar-refractivity contribution in [2.24, 2.45) is 5.73 Å². The van der Waals surface area contributed by atoms with Crippen molar-refractivity contribution < 1.29 is 27.5 Å². The molecule has 5 N–H and O–H groups in total. The molecule has 5 aromatic rings. The van der Waals surface area contributed by atoms with Gasteiger partial charge in [0.25, 0.3) is 5.91 Å². The second-order valence-corrected chi connectivity index (χ2v) is 10.3. The van der Waals surface area contributed by atoms with E-state index in [4.69, 9.17) is 5.73 Å². The molecule has 0 aliphatic heterocycles. The largest absolute Gasteiger partial charge is 0.392 e. The van der Waals surface area contributed by atoms with Gasteiger partial charge in [0.15, 0.2) is 5.65 Å². The molecule has 13 heteroatoms. The van der Waals surface area contributed by atoms with Gasteiger partial charge in [-0.3, -0.25) is 19.7 Å². The first-order valence-electron chi connectivity index (χ1n) is 11.7. The number of halogens is 1. The summed E-state index contributed by atoms with van der Waals surface area (Å²) < 4.78 is 39.3. The Balaban J connectivity index is 0.000000350. The first-order chi connectivity index (χ1) is 19.2. The fraction of sp³-hybridized carbons (Fsp3) is 0.0741. The number of nitrogens with one attached hydrogen (secondary N) is 2. The summed E-state index contributed by atoms with van der Waals surface area (Å²) in [5.74, 6) is -1.49. The molecular formula is C27H23FN6O5S. The van der Waals surface area contributed by atoms with Crippen LogP contribution in [-0.4, -0.2) is 45.5 Å². The van der Waals surface area contributed by atoms with Gasteiger partial charge in [-0.1, -0.05) is 18.2 Å². The number of carbonyl (C=O) groups excluding carboxylic acids is 2. The molecule has 3 heterocycles. The van der Waals surface area contributed by atoms with E-state index in [1.54, 1.807) is 42.7 Å². The van der Waals surface area contributed by atoms with Crippen molar-refractivity contribution >= 4 is 32.7 Å². The fourth-order valence-electron chi connectivity index (χ4n) is 3.58. The van der Waals surface area contributed by atoms with E-state index in [0.29, 0.717) is 27.7 Å². The maximum absolute atomic E-state index is 13.6. The predicted octanol–water partition coefficient (Wildman–Crippen LogP) is 2.53. The van der Waals surface area contributed by atoms with Gasteiger partial charge in [-0.05, 0) is 53.6 Å². The maximum atomic E-state index is 13.6. The lowest BCUT2D eigenvalue weighted by Crippen LogP contribution is -2.22. The van der Waals surface area contributed by atoms with Crippen molar-refractivity contribution in [1.29, 1.82) is 0 Å². The number of aromatic amines is 1. The minimum Gasteiger partial charge on any atom is -0.392 e. The Morgan fingerprint density at radius 1 is 1.00 bits per heavy atom. The summed E-state index contributed by atoms with van der Waals surface area (Å²) >= 11 is 0. The van der Waals surface area contributed by atoms with E-state index in [2.05, 4.69) is 25.5 Å². The Labute approximate surface area is 227 Å². The standard InChI is InChI=1S/C21H17FN4O4S.C6H6N2O/c22-17-4-3-14(12-27)19(8-17)31(29,30)18-5-1-13(2-6-18)9-24-21(28)16-7-15-11-25-26-20(15)23-10-16;7-6(9)5-2-1-3-8-4-5/h1-8,10-11,27H,9,12H2,(H,24,28)(H,23,25,26);1-4H,(H2,7,9). The van der Waals surface area contributed by atoms with E-state index in [1.807, 2.05) is 0 Å². The number of primary amides is 1. The molecule has 3 aromatic heterocycles. The van der Waals surface area contributed by atoms with Crippen LogP contribution in [0.1, 0.15) is 31.8 Å². The number of amides is 2. The van der Waals surface area contributed by atoms with Crippen LogP contribution in [0.2, 0.25) is 0 Å². The molecule has 0 unspecified atom stereocenters. The summed E-state index contributed by atoms with van der Waals surface area (Å²) in [4.78, 5) is 30.2. The SMILES string of the molecule is NC(=O)c1cccnc1.O=C(NCc1ccc(S(=O)(=O)c2cc(F)ccc2CO)cc1)c1cnc2[nH]ncc2c1. The molecule has 2 aromatic carbocycles. The van der Waals surface area contributed by atoms with Gasteiger partial charge in [-0.2, -0.15) is 5.10 Å². The third-order valence-corrected chi connectivity index (χ3v) is 7.53. The molecule has 0 aliphatic rings. The number of H-pyrrole nitrogens is 1. The van der Waals surface area contributed by atoms with Crippen LogP contribution in [-0.2, 0) is 23.0 Å². The molecule has 0 atom stereocenters. The zero-order valence-electron chi connectivity index (χ0n) is 20.8. The van der Waals surface area contributed by atoms with Crippen molar-refractivity contribution in [2.75, 3.05) is 0 Å². The van der Waals surface area contributed by atoms with Gasteiger partial charge in [-0.25, -0.2) is 17.8 Å². The lowest BCUT2D eigenvalue weighted by Gasteiger charge is -2.10. The first-order valence-corrected chi connectivity index (χ1v) is 13.2. The van der Waals surface area contributed by atoms with Crippen LogP contribution in [0.15, 0.2) is 95.2 Å². The second-order valence-electron chi connectivity index (χ2n) is 8.38. The number of hydrogen-bond donors (Lipinski definition) is 4. The molecule has 0 saturated heterocycles. The number of sulfone groups is 1. The summed E-state index contributed by atoms with van der Waals surface area (Å²) in [6, 6.07) is 14.0. The third-order valence-electron chi connectivity index (χ3n) is 5.68. The number of hydrogen-bond acceptors (Lipinski definition) is 8. The van der Waals surface area contributed by atoms with Crippen molar-refractivity contribution in [2.45, 2.75) is 22.9 Å². The van der Waals surface area contributed by atoms with Crippen LogP contribution in [0.25, 0.3) is 11.0 Å². The lowest BCUT2D eigenvalue weighted by molar-refractivity contribution is 0.0949. The highest BCUT2D eigenvalue weighted by Gasteiger charge is 2.22. The van der Waals surface area contributed by atoms with Crippen LogP contribution >= 0.6 is 0 Å². The maximum Gasteiger partial charge on any atom is 0.253 e. The van der Waals surface area contributed by atoms with Gasteiger partial charge in [-0.15, -0.1) is 0 Å². The zero-order valence-corrected chi connectivity index (χ0v) is 21.6. The quantitative estimate of drug-likeness (QED) is 0.233. The zero-order chi connectivity index (χ0) is 28.7. The molecule has 0 aliphatic carbocycles. The minimum absolute atomic E-state index is 0.0440. The van der Waals surface area contributed by atoms with Gasteiger partial charge < -0.3 is 16.2 Å². The number of aromatic nitrogens is 4. The van der Waals surface area contributed by atoms with E-state index < -0.39 is 28.2 Å². The number of benzene rings is 2. The second kappa shape index (κ2) is 12.2. The average molecular weight is 563 g/mol. The summed E-state index contributed by atoms with van der Waals surface area (Å²) in [6.45, 7) is -0.358. The van der Waals surface area contributed by atoms with Crippen LogP contribution in [0, 0.1) is 5.82 Å². The first kappa shape index (κ1) is 28.0. The Kier molecular flexibility index (Phi) is 8.57. The molecule has 0 radical (unpaired) electrons. The number of nitrogens with two attached hydrogens (primary N) is 1. The predicted molar refractivity (Wildman–Crippen MR) is 142 cm³/mol. The Hall–Kier alpha value is -5.01. The van der Waals surface area contributed by atoms with Crippen LogP contribution in [0.3, 0.4) is 0 Å². The van der Waals surface area contributed by atoms with Crippen LogP contribution in [0.4, 0.5) is 4.39 Å². The summed E-state index contributed by atoms with van der Waals surface area (Å²) in [5.41, 5.74) is 7.11. The Bertz CT molecular complexity index is 1760. The molecule has 0 fully saturated rings. The van der Waals surface area contributed by atoms with E-state index in [1.165, 1.54) is 30.6 Å². The minimum atomic E-state index is -4.02. The average Bonchev–Trinajstić information content (AvgIpc) is 3.45. The smallest absolute Gasteiger partial charge is 0.253 e. The molecule has 0 spiro atoms. The van der Waals surface area contributed by atoms with E-state index >= 15 is 0 Å². The van der Waals surface area contributed by atoms with Gasteiger partial charge in [0.2, 0.25) is 15.7 Å². The molecular weight excluding hydrogens is 539 g/mol. The molecule has 204 valence electrons. The van der Waals surface area contributed by atoms with Crippen molar-refractivity contribution in [1.82, 2.24) is 25.5 Å². The van der Waals surface area contributed by atoms with Crippen LogP contribution in [0.5, 0.6) is 0 Å². The molecule has 5 rings (SSSR count). The molecule has 11 nitrogen and oxygen atoms in total. The van der Waals surface area contributed by atoms with E-state index in [-0.39, 0.29) is 27.8 Å². The van der Waals surface area contributed by atoms with Gasteiger partial charge >= 0.3 is 0 Å². The number of carbonyl (C=O) groups is 2. The van der Waals surface area contributed by atoms with E-state index in [0.717, 1.165) is 12.1 Å². The van der Waals surface area contributed by atoms with Gasteiger partial charge in [0.1, 0.15) is 5.82 Å². The molecule has 40 heavy (non-hydrogen) atoms. The lowest BCUT2D eigenvalue weighted by atomic mass is 10.2. The fourth-order valence-corrected chi connectivity index (χ4v) is 5.07. The number of nitrogens with zero attached hydrogens (tertiary/aromatic N) is 3. The normalized spacial score (nSPS) is 10.9. The van der Waals surface area contributed by atoms with Crippen molar-refractivity contribution in [3.05, 3.63) is 114 Å². The van der Waals surface area contributed by atoms with Crippen molar-refractivity contribution in [3.8, 4) is 0 Å². The van der Waals surface area contributed by atoms with Gasteiger partial charge in [0.05, 0.1) is 33.7 Å². The highest BCUT2D eigenvalue weighted by atomic mass is 32.2. The number of aliphatic hydroxyl groups is 1. The van der Waals surface area contributed by atoms with E-state index in [9.17, 15) is 27.5 Å². The Morgan fingerprint density at radius 3 is 2.42 bits per heavy atom. The summed E-state index contributed by atoms with van der Waals surface area (Å²) in [6.07, 6.45) is 6.02. The topological polar surface area (TPSA) is 181 Å². The highest BCUT2D eigenvalue weighted by molar-refractivity contribution is 7.91. The number of aliphatic hydroxyl groups excluding tert-OH is 1. The third kappa shape index (κ3) is 6.51. The van der Waals surface area contributed by atoms with Crippen LogP contribution < -0.4 is 11.1 Å². The molecule has 2 amide bonds. The Morgan fingerprint density at radius 2 is 1.77 bits per heavy atom. The number of rotatable bonds is 7. The van der Waals surface area contributed by atoms with Gasteiger partial charge in [0, 0.05) is 30.5 Å². The number of pyridine rings is 2. The van der Waals surface area contributed by atoms with Crippen molar-refractivity contribution in [3.63, 3.8) is 0 Å². The number of fused-ring (bicyclic) bond motifs is 1. The molecule has 0 saturated carbocycles. The monoisotopic (exact) mass is 562 g/mol. The summed E-state index contributed by atoms with van der Waals surface area (Å²) in [7, 11) is -4.02. The summed E-state index contributed by atoms with van der Waals surface area (Å²) in [5, 5.41) is 19.4.